The largest absolute Gasteiger partial charge is 0.452 e. The predicted molar refractivity (Wildman–Crippen MR) is 88.7 cm³/mol. The molecule has 2 aliphatic rings. The highest BCUT2D eigenvalue weighted by atomic mass is 35.5. The molecule has 0 bridgehead atoms. The third-order valence-electron chi connectivity index (χ3n) is 4.24. The highest BCUT2D eigenvalue weighted by Gasteiger charge is 2.42. The SMILES string of the molecule is O=C(OCC(=O)N(C1CC1)[C@@H]1CCS(=O)(=O)C1)c1ccc(Cl)cc1. The minimum absolute atomic E-state index is 0.000368. The van der Waals surface area contributed by atoms with Gasteiger partial charge in [0, 0.05) is 17.1 Å². The van der Waals surface area contributed by atoms with E-state index in [1.807, 2.05) is 0 Å². The summed E-state index contributed by atoms with van der Waals surface area (Å²) in [5, 5.41) is 0.505. The number of esters is 1. The van der Waals surface area contributed by atoms with Gasteiger partial charge in [-0.1, -0.05) is 11.6 Å². The number of rotatable bonds is 5. The number of halogens is 1. The lowest BCUT2D eigenvalue weighted by molar-refractivity contribution is -0.137. The number of carbonyl (C=O) groups is 2. The predicted octanol–water partition coefficient (Wildman–Crippen LogP) is 1.67. The highest BCUT2D eigenvalue weighted by Crippen LogP contribution is 2.32. The second-order valence-corrected chi connectivity index (χ2v) is 8.84. The second-order valence-electron chi connectivity index (χ2n) is 6.17. The van der Waals surface area contributed by atoms with Gasteiger partial charge in [-0.25, -0.2) is 13.2 Å². The molecule has 130 valence electrons. The Morgan fingerprint density at radius 2 is 1.79 bits per heavy atom. The fraction of sp³-hybridized carbons (Fsp3) is 0.500. The molecule has 0 aromatic heterocycles. The molecule has 1 heterocycles. The van der Waals surface area contributed by atoms with Crippen molar-refractivity contribution in [3.63, 3.8) is 0 Å². The van der Waals surface area contributed by atoms with Crippen molar-refractivity contribution in [3.8, 4) is 0 Å². The van der Waals surface area contributed by atoms with Gasteiger partial charge in [0.15, 0.2) is 16.4 Å². The van der Waals surface area contributed by atoms with Crippen LogP contribution < -0.4 is 0 Å². The van der Waals surface area contributed by atoms with Crippen LogP contribution in [0, 0.1) is 0 Å². The summed E-state index contributed by atoms with van der Waals surface area (Å²) in [7, 11) is -3.07. The Hall–Kier alpha value is -1.60. The lowest BCUT2D eigenvalue weighted by Gasteiger charge is -2.28. The fourth-order valence-electron chi connectivity index (χ4n) is 2.92. The quantitative estimate of drug-likeness (QED) is 0.735. The Balaban J connectivity index is 1.60. The molecule has 8 heteroatoms. The maximum atomic E-state index is 12.4. The Kier molecular flexibility index (Phi) is 4.83. The highest BCUT2D eigenvalue weighted by molar-refractivity contribution is 7.91. The standard InChI is InChI=1S/C16H18ClNO5S/c17-12-3-1-11(2-4-12)16(20)23-9-15(19)18(13-5-6-13)14-7-8-24(21,22)10-14/h1-4,13-14H,5-10H2/t14-/m1/s1. The number of hydrogen-bond donors (Lipinski definition) is 0. The Labute approximate surface area is 145 Å². The summed E-state index contributed by atoms with van der Waals surface area (Å²) < 4.78 is 28.4. The minimum atomic E-state index is -3.07. The fourth-order valence-corrected chi connectivity index (χ4v) is 4.76. The number of hydrogen-bond acceptors (Lipinski definition) is 5. The van der Waals surface area contributed by atoms with E-state index >= 15 is 0 Å². The van der Waals surface area contributed by atoms with Gasteiger partial charge in [-0.05, 0) is 43.5 Å². The normalized spacial score (nSPS) is 22.1. The molecule has 1 amide bonds. The second kappa shape index (κ2) is 6.72. The molecule has 2 fully saturated rings. The van der Waals surface area contributed by atoms with Crippen LogP contribution >= 0.6 is 11.6 Å². The van der Waals surface area contributed by atoms with Crippen molar-refractivity contribution in [3.05, 3.63) is 34.9 Å². The molecule has 24 heavy (non-hydrogen) atoms. The summed E-state index contributed by atoms with van der Waals surface area (Å²) >= 11 is 5.76. The number of sulfone groups is 1. The van der Waals surface area contributed by atoms with Crippen molar-refractivity contribution in [2.75, 3.05) is 18.1 Å². The summed E-state index contributed by atoms with van der Waals surface area (Å²) in [4.78, 5) is 26.0. The molecular weight excluding hydrogens is 354 g/mol. The monoisotopic (exact) mass is 371 g/mol. The van der Waals surface area contributed by atoms with E-state index < -0.39 is 15.8 Å². The van der Waals surface area contributed by atoms with Crippen molar-refractivity contribution in [2.45, 2.75) is 31.3 Å². The lowest BCUT2D eigenvalue weighted by Crippen LogP contribution is -2.44. The summed E-state index contributed by atoms with van der Waals surface area (Å²) in [5.41, 5.74) is 0.314. The average Bonchev–Trinajstić information content (AvgIpc) is 3.29. The van der Waals surface area contributed by atoms with Gasteiger partial charge < -0.3 is 9.64 Å². The first kappa shape index (κ1) is 17.2. The van der Waals surface area contributed by atoms with Crippen LogP contribution in [0.15, 0.2) is 24.3 Å². The number of nitrogens with zero attached hydrogens (tertiary/aromatic N) is 1. The van der Waals surface area contributed by atoms with E-state index in [4.69, 9.17) is 16.3 Å². The number of ether oxygens (including phenoxy) is 1. The van der Waals surface area contributed by atoms with Gasteiger partial charge in [-0.3, -0.25) is 4.79 Å². The van der Waals surface area contributed by atoms with E-state index in [9.17, 15) is 18.0 Å². The molecule has 3 rings (SSSR count). The molecular formula is C16H18ClNO5S. The molecule has 1 saturated heterocycles. The molecule has 6 nitrogen and oxygen atoms in total. The van der Waals surface area contributed by atoms with Crippen molar-refractivity contribution in [1.29, 1.82) is 0 Å². The topological polar surface area (TPSA) is 80.8 Å². The van der Waals surface area contributed by atoms with Gasteiger partial charge in [0.2, 0.25) is 0 Å². The van der Waals surface area contributed by atoms with Crippen molar-refractivity contribution in [2.24, 2.45) is 0 Å². The van der Waals surface area contributed by atoms with Crippen LogP contribution in [-0.4, -0.2) is 55.4 Å². The van der Waals surface area contributed by atoms with Gasteiger partial charge in [0.25, 0.3) is 5.91 Å². The summed E-state index contributed by atoms with van der Waals surface area (Å²) in [6, 6.07) is 5.96. The number of benzene rings is 1. The molecule has 0 radical (unpaired) electrons. The zero-order valence-corrected chi connectivity index (χ0v) is 14.6. The van der Waals surface area contributed by atoms with Crippen LogP contribution in [0.5, 0.6) is 0 Å². The van der Waals surface area contributed by atoms with Crippen LogP contribution in [0.4, 0.5) is 0 Å². The maximum absolute atomic E-state index is 12.4. The maximum Gasteiger partial charge on any atom is 0.338 e. The van der Waals surface area contributed by atoms with E-state index in [0.29, 0.717) is 17.0 Å². The Morgan fingerprint density at radius 1 is 1.12 bits per heavy atom. The number of amides is 1. The lowest BCUT2D eigenvalue weighted by atomic mass is 10.2. The first-order valence-electron chi connectivity index (χ1n) is 7.80. The van der Waals surface area contributed by atoms with E-state index in [1.165, 1.54) is 12.1 Å². The van der Waals surface area contributed by atoms with Crippen LogP contribution in [-0.2, 0) is 19.4 Å². The third-order valence-corrected chi connectivity index (χ3v) is 6.24. The molecule has 0 spiro atoms. The molecule has 1 atom stereocenters. The summed E-state index contributed by atoms with van der Waals surface area (Å²) in [6.07, 6.45) is 2.19. The van der Waals surface area contributed by atoms with Gasteiger partial charge in [0.05, 0.1) is 17.1 Å². The number of carbonyl (C=O) groups excluding carboxylic acids is 2. The molecule has 1 aliphatic heterocycles. The van der Waals surface area contributed by atoms with E-state index in [0.717, 1.165) is 12.8 Å². The minimum Gasteiger partial charge on any atom is -0.452 e. The van der Waals surface area contributed by atoms with E-state index in [2.05, 4.69) is 0 Å². The van der Waals surface area contributed by atoms with Crippen molar-refractivity contribution < 1.29 is 22.7 Å². The van der Waals surface area contributed by atoms with Gasteiger partial charge >= 0.3 is 5.97 Å². The molecule has 1 aromatic carbocycles. The average molecular weight is 372 g/mol. The summed E-state index contributed by atoms with van der Waals surface area (Å²) in [6.45, 7) is -0.380. The van der Waals surface area contributed by atoms with Gasteiger partial charge in [-0.2, -0.15) is 0 Å². The molecule has 0 unspecified atom stereocenters. The molecule has 0 N–H and O–H groups in total. The molecule has 1 aliphatic carbocycles. The van der Waals surface area contributed by atoms with E-state index in [1.54, 1.807) is 17.0 Å². The van der Waals surface area contributed by atoms with Crippen LogP contribution in [0.25, 0.3) is 0 Å². The Morgan fingerprint density at radius 3 is 2.33 bits per heavy atom. The van der Waals surface area contributed by atoms with Crippen LogP contribution in [0.1, 0.15) is 29.6 Å². The van der Waals surface area contributed by atoms with Gasteiger partial charge in [0.1, 0.15) is 0 Å². The first-order chi connectivity index (χ1) is 11.4. The first-order valence-corrected chi connectivity index (χ1v) is 10.00. The van der Waals surface area contributed by atoms with Crippen molar-refractivity contribution in [1.82, 2.24) is 4.90 Å². The Bertz CT molecular complexity index is 742. The van der Waals surface area contributed by atoms with Gasteiger partial charge in [-0.15, -0.1) is 0 Å². The third kappa shape index (κ3) is 4.08. The smallest absolute Gasteiger partial charge is 0.338 e. The summed E-state index contributed by atoms with van der Waals surface area (Å²) in [5.74, 6) is -0.823. The zero-order chi connectivity index (χ0) is 17.3. The zero-order valence-electron chi connectivity index (χ0n) is 13.0. The molecule has 1 aromatic rings. The molecule has 1 saturated carbocycles. The van der Waals surface area contributed by atoms with Crippen LogP contribution in [0.2, 0.25) is 5.02 Å². The van der Waals surface area contributed by atoms with Crippen molar-refractivity contribution >= 4 is 33.3 Å². The van der Waals surface area contributed by atoms with Crippen LogP contribution in [0.3, 0.4) is 0 Å². The van der Waals surface area contributed by atoms with E-state index in [-0.39, 0.29) is 36.1 Å².